The molecule has 2 heterocycles. The van der Waals surface area contributed by atoms with Gasteiger partial charge in [0.15, 0.2) is 5.13 Å². The molecular formula is C22H23ClN4O4S. The normalized spacial score (nSPS) is 14.6. The fraction of sp³-hybridized carbons (Fsp3) is 0.364. The highest BCUT2D eigenvalue weighted by molar-refractivity contribution is 7.22. The number of ether oxygens (including phenoxy) is 1. The summed E-state index contributed by atoms with van der Waals surface area (Å²) < 4.78 is 6.40. The van der Waals surface area contributed by atoms with Crippen LogP contribution in [0.2, 0.25) is 5.02 Å². The number of aryl methyl sites for hydroxylation is 1. The van der Waals surface area contributed by atoms with Crippen LogP contribution < -0.4 is 4.90 Å². The van der Waals surface area contributed by atoms with Gasteiger partial charge in [0, 0.05) is 38.3 Å². The van der Waals surface area contributed by atoms with Crippen LogP contribution >= 0.6 is 22.9 Å². The summed E-state index contributed by atoms with van der Waals surface area (Å²) in [7, 11) is 0. The molecule has 2 aromatic carbocycles. The number of carbonyl (C=O) groups is 1. The number of morpholine rings is 1. The van der Waals surface area contributed by atoms with E-state index in [1.807, 2.05) is 12.1 Å². The van der Waals surface area contributed by atoms with Crippen LogP contribution in [0.15, 0.2) is 36.4 Å². The predicted molar refractivity (Wildman–Crippen MR) is 126 cm³/mol. The van der Waals surface area contributed by atoms with Gasteiger partial charge in [-0.15, -0.1) is 0 Å². The van der Waals surface area contributed by atoms with Gasteiger partial charge < -0.3 is 4.74 Å². The van der Waals surface area contributed by atoms with E-state index in [1.165, 1.54) is 35.1 Å². The molecule has 1 saturated heterocycles. The Kier molecular flexibility index (Phi) is 7.00. The van der Waals surface area contributed by atoms with Gasteiger partial charge in [-0.25, -0.2) is 4.98 Å². The summed E-state index contributed by atoms with van der Waals surface area (Å²) in [6.45, 7) is 6.01. The summed E-state index contributed by atoms with van der Waals surface area (Å²) in [5.41, 5.74) is 1.93. The minimum Gasteiger partial charge on any atom is -0.379 e. The van der Waals surface area contributed by atoms with Gasteiger partial charge in [0.05, 0.1) is 38.9 Å². The first kappa shape index (κ1) is 22.6. The topological polar surface area (TPSA) is 88.8 Å². The molecule has 1 aromatic heterocycles. The van der Waals surface area contributed by atoms with E-state index in [9.17, 15) is 14.9 Å². The Labute approximate surface area is 194 Å². The number of fused-ring (bicyclic) bond motifs is 1. The monoisotopic (exact) mass is 474 g/mol. The average molecular weight is 475 g/mol. The van der Waals surface area contributed by atoms with Crippen LogP contribution in [0.1, 0.15) is 22.8 Å². The molecule has 0 atom stereocenters. The lowest BCUT2D eigenvalue weighted by molar-refractivity contribution is -0.384. The van der Waals surface area contributed by atoms with Crippen LogP contribution in [0.5, 0.6) is 0 Å². The van der Waals surface area contributed by atoms with E-state index in [4.69, 9.17) is 16.3 Å². The summed E-state index contributed by atoms with van der Waals surface area (Å²) in [4.78, 5) is 32.8. The second-order valence-electron chi connectivity index (χ2n) is 7.48. The van der Waals surface area contributed by atoms with Crippen LogP contribution in [0.3, 0.4) is 0 Å². The lowest BCUT2D eigenvalue weighted by atomic mass is 10.1. The average Bonchev–Trinajstić information content (AvgIpc) is 3.22. The molecule has 32 heavy (non-hydrogen) atoms. The largest absolute Gasteiger partial charge is 0.379 e. The lowest BCUT2D eigenvalue weighted by Crippen LogP contribution is -2.43. The van der Waals surface area contributed by atoms with Crippen LogP contribution in [0, 0.1) is 10.1 Å². The quantitative estimate of drug-likeness (QED) is 0.372. The van der Waals surface area contributed by atoms with E-state index in [1.54, 1.807) is 4.90 Å². The SMILES string of the molecule is CCc1ccc2nc(N(CCN3CCOCC3)C(=O)c3cc([N+](=O)[O-])ccc3Cl)sc2c1. The number of aromatic nitrogens is 1. The molecule has 4 rings (SSSR count). The van der Waals surface area contributed by atoms with E-state index in [-0.39, 0.29) is 16.3 Å². The number of carbonyl (C=O) groups excluding carboxylic acids is 1. The third-order valence-electron chi connectivity index (χ3n) is 5.46. The first-order valence-corrected chi connectivity index (χ1v) is 11.6. The number of anilines is 1. The van der Waals surface area contributed by atoms with Gasteiger partial charge in [-0.1, -0.05) is 35.9 Å². The number of thiazole rings is 1. The van der Waals surface area contributed by atoms with Crippen LogP contribution in [0.25, 0.3) is 10.2 Å². The Balaban J connectivity index is 1.69. The van der Waals surface area contributed by atoms with Crippen LogP contribution in [-0.2, 0) is 11.2 Å². The maximum absolute atomic E-state index is 13.6. The number of hydrogen-bond donors (Lipinski definition) is 0. The summed E-state index contributed by atoms with van der Waals surface area (Å²) in [5, 5.41) is 12.0. The fourth-order valence-electron chi connectivity index (χ4n) is 3.58. The van der Waals surface area contributed by atoms with Crippen molar-refractivity contribution < 1.29 is 14.5 Å². The molecule has 0 N–H and O–H groups in total. The molecule has 0 unspecified atom stereocenters. The maximum Gasteiger partial charge on any atom is 0.270 e. The highest BCUT2D eigenvalue weighted by Crippen LogP contribution is 2.32. The van der Waals surface area contributed by atoms with E-state index in [0.29, 0.717) is 31.4 Å². The van der Waals surface area contributed by atoms with Gasteiger partial charge in [0.1, 0.15) is 0 Å². The number of hydrogen-bond acceptors (Lipinski definition) is 7. The number of benzene rings is 2. The summed E-state index contributed by atoms with van der Waals surface area (Å²) >= 11 is 7.72. The molecule has 1 fully saturated rings. The Morgan fingerprint density at radius 2 is 2.06 bits per heavy atom. The van der Waals surface area contributed by atoms with Crippen molar-refractivity contribution >= 4 is 49.9 Å². The second-order valence-corrected chi connectivity index (χ2v) is 8.90. The van der Waals surface area contributed by atoms with Gasteiger partial charge in [-0.05, 0) is 30.2 Å². The number of nitro groups is 1. The van der Waals surface area contributed by atoms with Crippen LogP contribution in [0.4, 0.5) is 10.8 Å². The maximum atomic E-state index is 13.6. The zero-order valence-electron chi connectivity index (χ0n) is 17.6. The first-order chi connectivity index (χ1) is 15.5. The smallest absolute Gasteiger partial charge is 0.270 e. The van der Waals surface area contributed by atoms with Crippen LogP contribution in [-0.4, -0.2) is 60.1 Å². The Bertz CT molecular complexity index is 1150. The molecule has 0 bridgehead atoms. The van der Waals surface area contributed by atoms with Gasteiger partial charge >= 0.3 is 0 Å². The highest BCUT2D eigenvalue weighted by Gasteiger charge is 2.26. The van der Waals surface area contributed by atoms with Gasteiger partial charge in [-0.2, -0.15) is 0 Å². The molecule has 1 aliphatic heterocycles. The molecule has 3 aromatic rings. The standard InChI is InChI=1S/C22H23ClN4O4S/c1-2-15-3-6-19-20(13-15)32-22(24-19)26(8-7-25-9-11-31-12-10-25)21(28)17-14-16(27(29)30)4-5-18(17)23/h3-6,13-14H,2,7-12H2,1H3. The van der Waals surface area contributed by atoms with Gasteiger partial charge in [-0.3, -0.25) is 24.7 Å². The molecule has 10 heteroatoms. The second kappa shape index (κ2) is 9.91. The zero-order valence-corrected chi connectivity index (χ0v) is 19.2. The summed E-state index contributed by atoms with van der Waals surface area (Å²) in [5.74, 6) is -0.401. The first-order valence-electron chi connectivity index (χ1n) is 10.4. The van der Waals surface area contributed by atoms with Crippen molar-refractivity contribution in [3.8, 4) is 0 Å². The fourth-order valence-corrected chi connectivity index (χ4v) is 4.83. The minimum absolute atomic E-state index is 0.0938. The number of nitrogens with zero attached hydrogens (tertiary/aromatic N) is 4. The number of amides is 1. The summed E-state index contributed by atoms with van der Waals surface area (Å²) in [6.07, 6.45) is 0.909. The molecule has 1 amide bonds. The molecule has 1 aliphatic rings. The zero-order chi connectivity index (χ0) is 22.7. The lowest BCUT2D eigenvalue weighted by Gasteiger charge is -2.29. The number of nitro benzene ring substituents is 1. The van der Waals surface area contributed by atoms with Crippen molar-refractivity contribution in [3.63, 3.8) is 0 Å². The predicted octanol–water partition coefficient (Wildman–Crippen LogP) is 4.40. The van der Waals surface area contributed by atoms with Crippen molar-refractivity contribution in [1.29, 1.82) is 0 Å². The van der Waals surface area contributed by atoms with E-state index in [2.05, 4.69) is 22.9 Å². The molecule has 0 radical (unpaired) electrons. The van der Waals surface area contributed by atoms with Crippen molar-refractivity contribution in [3.05, 3.63) is 62.7 Å². The number of non-ortho nitro benzene ring substituents is 1. The van der Waals surface area contributed by atoms with Gasteiger partial charge in [0.2, 0.25) is 0 Å². The van der Waals surface area contributed by atoms with Crippen molar-refractivity contribution in [2.45, 2.75) is 13.3 Å². The number of halogens is 1. The minimum atomic E-state index is -0.533. The Hall–Kier alpha value is -2.59. The summed E-state index contributed by atoms with van der Waals surface area (Å²) in [6, 6.07) is 9.98. The van der Waals surface area contributed by atoms with Gasteiger partial charge in [0.25, 0.3) is 11.6 Å². The molecule has 0 saturated carbocycles. The van der Waals surface area contributed by atoms with Crippen molar-refractivity contribution in [1.82, 2.24) is 9.88 Å². The van der Waals surface area contributed by atoms with E-state index < -0.39 is 10.8 Å². The molecule has 0 spiro atoms. The molecule has 8 nitrogen and oxygen atoms in total. The van der Waals surface area contributed by atoms with E-state index >= 15 is 0 Å². The molecule has 0 aliphatic carbocycles. The Morgan fingerprint density at radius 1 is 1.28 bits per heavy atom. The van der Waals surface area contributed by atoms with E-state index in [0.717, 1.165) is 29.7 Å². The highest BCUT2D eigenvalue weighted by atomic mass is 35.5. The number of rotatable bonds is 7. The molecule has 168 valence electrons. The molecular weight excluding hydrogens is 452 g/mol. The third kappa shape index (κ3) is 4.91. The Morgan fingerprint density at radius 3 is 2.78 bits per heavy atom. The van der Waals surface area contributed by atoms with Crippen molar-refractivity contribution in [2.24, 2.45) is 0 Å². The third-order valence-corrected chi connectivity index (χ3v) is 6.83. The van der Waals surface area contributed by atoms with Crippen molar-refractivity contribution in [2.75, 3.05) is 44.3 Å².